The fraction of sp³-hybridized carbons (Fsp3) is 0.235. The van der Waals surface area contributed by atoms with E-state index in [1.807, 2.05) is 18.0 Å². The van der Waals surface area contributed by atoms with Gasteiger partial charge in [0.1, 0.15) is 5.82 Å². The molecule has 3 aromatic rings. The number of thioether (sulfide) groups is 1. The molecule has 4 rings (SSSR count). The minimum atomic E-state index is 0.345. The van der Waals surface area contributed by atoms with Crippen molar-refractivity contribution < 1.29 is 0 Å². The number of H-pyrrole nitrogens is 1. The van der Waals surface area contributed by atoms with Crippen LogP contribution in [0.1, 0.15) is 11.9 Å². The van der Waals surface area contributed by atoms with Crippen molar-refractivity contribution in [3.05, 3.63) is 54.5 Å². The van der Waals surface area contributed by atoms with Gasteiger partial charge in [0.2, 0.25) is 0 Å². The number of hydrogen-bond acceptors (Lipinski definition) is 3. The van der Waals surface area contributed by atoms with Crippen molar-refractivity contribution in [3.8, 4) is 11.3 Å². The molecule has 3 nitrogen and oxygen atoms in total. The molecule has 0 amide bonds. The lowest BCUT2D eigenvalue weighted by Gasteiger charge is -2.20. The number of benzene rings is 2. The second kappa shape index (κ2) is 5.54. The maximum absolute atomic E-state index is 4.56. The Labute approximate surface area is 128 Å². The predicted molar refractivity (Wildman–Crippen MR) is 89.6 cm³/mol. The van der Waals surface area contributed by atoms with Gasteiger partial charge in [-0.2, -0.15) is 11.8 Å². The van der Waals surface area contributed by atoms with Gasteiger partial charge in [0, 0.05) is 23.6 Å². The van der Waals surface area contributed by atoms with Gasteiger partial charge in [-0.1, -0.05) is 36.4 Å². The molecule has 1 fully saturated rings. The van der Waals surface area contributed by atoms with E-state index in [9.17, 15) is 0 Å². The third kappa shape index (κ3) is 2.57. The third-order valence-corrected chi connectivity index (χ3v) is 4.97. The predicted octanol–water partition coefficient (Wildman–Crippen LogP) is 3.61. The Bertz CT molecular complexity index is 759. The highest BCUT2D eigenvalue weighted by Crippen LogP contribution is 2.25. The topological polar surface area (TPSA) is 40.7 Å². The number of aromatic nitrogens is 2. The van der Waals surface area contributed by atoms with Crippen LogP contribution >= 0.6 is 11.8 Å². The molecule has 106 valence electrons. The van der Waals surface area contributed by atoms with Crippen molar-refractivity contribution in [1.82, 2.24) is 15.3 Å². The van der Waals surface area contributed by atoms with Gasteiger partial charge in [-0.05, 0) is 16.8 Å². The monoisotopic (exact) mass is 295 g/mol. The van der Waals surface area contributed by atoms with E-state index in [4.69, 9.17) is 0 Å². The molecule has 2 aromatic carbocycles. The average molecular weight is 295 g/mol. The van der Waals surface area contributed by atoms with Gasteiger partial charge in [-0.15, -0.1) is 0 Å². The highest BCUT2D eigenvalue weighted by molar-refractivity contribution is 7.99. The molecule has 1 aliphatic rings. The average Bonchev–Trinajstić information content (AvgIpc) is 3.05. The van der Waals surface area contributed by atoms with E-state index in [0.717, 1.165) is 23.8 Å². The van der Waals surface area contributed by atoms with Crippen molar-refractivity contribution >= 4 is 22.5 Å². The molecular formula is C17H17N3S. The quantitative estimate of drug-likeness (QED) is 0.759. The Kier molecular flexibility index (Phi) is 3.41. The number of aromatic amines is 1. The van der Waals surface area contributed by atoms with Crippen LogP contribution in [0.2, 0.25) is 0 Å². The van der Waals surface area contributed by atoms with Crippen LogP contribution in [0, 0.1) is 0 Å². The Balaban J connectivity index is 1.67. The first kappa shape index (κ1) is 12.9. The van der Waals surface area contributed by atoms with E-state index in [0.29, 0.717) is 6.04 Å². The summed E-state index contributed by atoms with van der Waals surface area (Å²) in [4.78, 5) is 8.04. The van der Waals surface area contributed by atoms with E-state index in [1.165, 1.54) is 22.1 Å². The van der Waals surface area contributed by atoms with Gasteiger partial charge in [0.25, 0.3) is 0 Å². The van der Waals surface area contributed by atoms with Gasteiger partial charge in [-0.3, -0.25) is 0 Å². The van der Waals surface area contributed by atoms with Gasteiger partial charge < -0.3 is 10.3 Å². The third-order valence-electron chi connectivity index (χ3n) is 3.91. The lowest BCUT2D eigenvalue weighted by atomic mass is 10.1. The Morgan fingerprint density at radius 2 is 2.00 bits per heavy atom. The maximum atomic E-state index is 4.56. The number of nitrogens with one attached hydrogen (secondary N) is 2. The minimum absolute atomic E-state index is 0.345. The zero-order valence-electron chi connectivity index (χ0n) is 11.7. The van der Waals surface area contributed by atoms with Crippen LogP contribution in [0.5, 0.6) is 0 Å². The van der Waals surface area contributed by atoms with Crippen LogP contribution in [-0.2, 0) is 0 Å². The molecular weight excluding hydrogens is 278 g/mol. The summed E-state index contributed by atoms with van der Waals surface area (Å²) in [6.07, 6.45) is 1.94. The largest absolute Gasteiger partial charge is 0.341 e. The Hall–Kier alpha value is -1.78. The van der Waals surface area contributed by atoms with Crippen molar-refractivity contribution in [2.75, 3.05) is 18.1 Å². The molecule has 0 bridgehead atoms. The SMILES string of the molecule is c1ccc2cc(-c3cnc(C4CSCCN4)[nH]3)ccc2c1. The molecule has 1 aliphatic heterocycles. The van der Waals surface area contributed by atoms with Crippen LogP contribution in [0.15, 0.2) is 48.7 Å². The maximum Gasteiger partial charge on any atom is 0.124 e. The van der Waals surface area contributed by atoms with Crippen LogP contribution in [0.4, 0.5) is 0 Å². The summed E-state index contributed by atoms with van der Waals surface area (Å²) >= 11 is 1.98. The highest BCUT2D eigenvalue weighted by Gasteiger charge is 2.18. The lowest BCUT2D eigenvalue weighted by molar-refractivity contribution is 0.569. The first-order chi connectivity index (χ1) is 10.4. The van der Waals surface area contributed by atoms with Crippen LogP contribution < -0.4 is 5.32 Å². The molecule has 2 N–H and O–H groups in total. The fourth-order valence-electron chi connectivity index (χ4n) is 2.76. The van der Waals surface area contributed by atoms with Crippen LogP contribution in [0.3, 0.4) is 0 Å². The van der Waals surface area contributed by atoms with E-state index >= 15 is 0 Å². The summed E-state index contributed by atoms with van der Waals surface area (Å²) in [5.41, 5.74) is 2.28. The summed E-state index contributed by atoms with van der Waals surface area (Å²) in [6, 6.07) is 15.3. The molecule has 0 saturated carbocycles. The summed E-state index contributed by atoms with van der Waals surface area (Å²) in [7, 11) is 0. The number of fused-ring (bicyclic) bond motifs is 1. The number of imidazole rings is 1. The highest BCUT2D eigenvalue weighted by atomic mass is 32.2. The first-order valence-electron chi connectivity index (χ1n) is 7.25. The Morgan fingerprint density at radius 3 is 2.86 bits per heavy atom. The molecule has 21 heavy (non-hydrogen) atoms. The molecule has 1 saturated heterocycles. The molecule has 4 heteroatoms. The van der Waals surface area contributed by atoms with E-state index in [1.54, 1.807) is 0 Å². The first-order valence-corrected chi connectivity index (χ1v) is 8.41. The van der Waals surface area contributed by atoms with Crippen molar-refractivity contribution in [2.45, 2.75) is 6.04 Å². The van der Waals surface area contributed by atoms with Crippen molar-refractivity contribution in [2.24, 2.45) is 0 Å². The number of hydrogen-bond donors (Lipinski definition) is 2. The molecule has 0 aliphatic carbocycles. The minimum Gasteiger partial charge on any atom is -0.341 e. The second-order valence-electron chi connectivity index (χ2n) is 5.33. The number of nitrogens with zero attached hydrogens (tertiary/aromatic N) is 1. The Morgan fingerprint density at radius 1 is 1.10 bits per heavy atom. The molecule has 1 atom stereocenters. The van der Waals surface area contributed by atoms with Crippen molar-refractivity contribution in [3.63, 3.8) is 0 Å². The zero-order valence-corrected chi connectivity index (χ0v) is 12.5. The van der Waals surface area contributed by atoms with Crippen LogP contribution in [-0.4, -0.2) is 28.0 Å². The van der Waals surface area contributed by atoms with Crippen molar-refractivity contribution in [1.29, 1.82) is 0 Å². The van der Waals surface area contributed by atoms with Gasteiger partial charge in [0.05, 0.1) is 17.9 Å². The lowest BCUT2D eigenvalue weighted by Crippen LogP contribution is -2.30. The van der Waals surface area contributed by atoms with Gasteiger partial charge >= 0.3 is 0 Å². The van der Waals surface area contributed by atoms with Crippen LogP contribution in [0.25, 0.3) is 22.0 Å². The molecule has 0 radical (unpaired) electrons. The van der Waals surface area contributed by atoms with E-state index in [2.05, 4.69) is 57.7 Å². The smallest absolute Gasteiger partial charge is 0.124 e. The van der Waals surface area contributed by atoms with E-state index in [-0.39, 0.29) is 0 Å². The fourth-order valence-corrected chi connectivity index (χ4v) is 3.70. The van der Waals surface area contributed by atoms with Gasteiger partial charge in [0.15, 0.2) is 0 Å². The summed E-state index contributed by atoms with van der Waals surface area (Å²) in [5.74, 6) is 3.32. The summed E-state index contributed by atoms with van der Waals surface area (Å²) < 4.78 is 0. The standard InChI is InChI=1S/C17H17N3S/c1-2-4-13-9-14(6-5-12(13)3-1)15-10-19-17(20-15)16-11-21-8-7-18-16/h1-6,9-10,16,18H,7-8,11H2,(H,19,20). The molecule has 0 spiro atoms. The molecule has 2 heterocycles. The molecule has 1 aromatic heterocycles. The molecule has 1 unspecified atom stereocenters. The summed E-state index contributed by atoms with van der Waals surface area (Å²) in [5, 5.41) is 6.05. The van der Waals surface area contributed by atoms with Gasteiger partial charge in [-0.25, -0.2) is 4.98 Å². The van der Waals surface area contributed by atoms with E-state index < -0.39 is 0 Å². The zero-order chi connectivity index (χ0) is 14.1. The second-order valence-corrected chi connectivity index (χ2v) is 6.48. The number of rotatable bonds is 2. The summed E-state index contributed by atoms with van der Waals surface area (Å²) in [6.45, 7) is 1.06. The normalized spacial score (nSPS) is 19.0.